The summed E-state index contributed by atoms with van der Waals surface area (Å²) in [6.45, 7) is 8.58. The number of nitrogens with zero attached hydrogens (tertiary/aromatic N) is 4. The van der Waals surface area contributed by atoms with Gasteiger partial charge in [0.05, 0.1) is 43.0 Å². The van der Waals surface area contributed by atoms with E-state index in [1.165, 1.54) is 7.11 Å². The number of methoxy groups -OCH3 is 1. The van der Waals surface area contributed by atoms with Crippen LogP contribution < -0.4 is 10.6 Å². The van der Waals surface area contributed by atoms with Crippen molar-refractivity contribution in [2.75, 3.05) is 20.2 Å². The number of nitrogens with one attached hydrogen (secondary N) is 4. The smallest absolute Gasteiger partial charge is 0.407 e. The number of hydrogen-bond acceptors (Lipinski definition) is 7. The van der Waals surface area contributed by atoms with E-state index >= 15 is 0 Å². The fourth-order valence-corrected chi connectivity index (χ4v) is 6.69. The van der Waals surface area contributed by atoms with E-state index in [1.807, 2.05) is 76.3 Å². The van der Waals surface area contributed by atoms with Gasteiger partial charge < -0.3 is 40.2 Å². The third-order valence-electron chi connectivity index (χ3n) is 9.41. The molecular formula is C37H48N8O6. The average molecular weight is 701 g/mol. The van der Waals surface area contributed by atoms with E-state index in [-0.39, 0.29) is 35.7 Å². The lowest BCUT2D eigenvalue weighted by Crippen LogP contribution is -2.51. The average Bonchev–Trinajstić information content (AvgIpc) is 3.93. The van der Waals surface area contributed by atoms with Crippen LogP contribution in [0.25, 0.3) is 23.4 Å². The Kier molecular flexibility index (Phi) is 12.0. The number of H-pyrrole nitrogens is 2. The zero-order valence-electron chi connectivity index (χ0n) is 29.8. The van der Waals surface area contributed by atoms with Crippen molar-refractivity contribution in [2.45, 2.75) is 77.5 Å². The Bertz CT molecular complexity index is 1740. The zero-order chi connectivity index (χ0) is 36.7. The van der Waals surface area contributed by atoms with E-state index < -0.39 is 24.3 Å². The minimum Gasteiger partial charge on any atom is -0.465 e. The Hall–Kier alpha value is -5.40. The fraction of sp³-hybridized carbons (Fsp3) is 0.459. The Morgan fingerprint density at radius 3 is 1.94 bits per heavy atom. The molecule has 4 atom stereocenters. The number of likely N-dealkylation sites (tertiary alicyclic amines) is 2. The SMILES string of the molecule is COC(=O)N[C@H](C(=O)N1CCC[C@H]1c1ncc(C=CC=Cc2ccc(-c3cnc([C@@H]4CCCN4C(=O)[C@@H](NC(=O)O)C(C)C)[nH]3)cc2)[nH]1)C(C)C. The standard InChI is InChI=1S/C37H48N8O6/c1-22(2)30(42-36(48)49)34(46)45-19-9-13-29(45)33-39-21-27(41-33)25-16-14-24(15-17-25)10-6-7-11-26-20-38-32(40-26)28-12-8-18-44(28)35(47)31(23(3)4)43-37(50)51-5/h6-7,10-11,14-17,20-23,28-31,42H,8-9,12-13,18-19H2,1-5H3,(H,38,40)(H,39,41)(H,43,50)(H,48,49)/t28-,29-,30-,31-/m0/s1. The van der Waals surface area contributed by atoms with Crippen LogP contribution in [0.2, 0.25) is 0 Å². The molecule has 0 radical (unpaired) electrons. The molecule has 3 aromatic rings. The number of hydrogen-bond donors (Lipinski definition) is 5. The first-order chi connectivity index (χ1) is 24.5. The number of alkyl carbamates (subject to hydrolysis) is 1. The molecule has 2 aliphatic rings. The van der Waals surface area contributed by atoms with Crippen molar-refractivity contribution >= 4 is 36.2 Å². The molecule has 5 N–H and O–H groups in total. The Balaban J connectivity index is 1.18. The summed E-state index contributed by atoms with van der Waals surface area (Å²) in [6.07, 6.45) is 12.6. The van der Waals surface area contributed by atoms with Gasteiger partial charge in [0.1, 0.15) is 23.7 Å². The molecule has 2 aromatic heterocycles. The fourth-order valence-electron chi connectivity index (χ4n) is 6.69. The molecule has 5 rings (SSSR count). The maximum atomic E-state index is 13.4. The predicted octanol–water partition coefficient (Wildman–Crippen LogP) is 5.53. The summed E-state index contributed by atoms with van der Waals surface area (Å²) < 4.78 is 4.72. The summed E-state index contributed by atoms with van der Waals surface area (Å²) in [5, 5.41) is 14.3. The normalized spacial score (nSPS) is 19.0. The van der Waals surface area contributed by atoms with Crippen molar-refractivity contribution in [3.63, 3.8) is 0 Å². The van der Waals surface area contributed by atoms with Crippen LogP contribution in [0.1, 0.15) is 88.4 Å². The van der Waals surface area contributed by atoms with Crippen molar-refractivity contribution in [3.05, 3.63) is 71.7 Å². The molecule has 0 saturated carbocycles. The van der Waals surface area contributed by atoms with Crippen molar-refractivity contribution in [1.29, 1.82) is 0 Å². The number of aromatic amines is 2. The minimum atomic E-state index is -1.21. The second-order valence-electron chi connectivity index (χ2n) is 13.7. The Morgan fingerprint density at radius 2 is 1.37 bits per heavy atom. The second kappa shape index (κ2) is 16.5. The lowest BCUT2D eigenvalue weighted by Gasteiger charge is -2.29. The minimum absolute atomic E-state index is 0.101. The van der Waals surface area contributed by atoms with Crippen LogP contribution in [0, 0.1) is 11.8 Å². The van der Waals surface area contributed by atoms with Crippen LogP contribution in [0.5, 0.6) is 0 Å². The molecule has 14 heteroatoms. The number of benzene rings is 1. The highest BCUT2D eigenvalue weighted by molar-refractivity contribution is 5.87. The predicted molar refractivity (Wildman–Crippen MR) is 192 cm³/mol. The van der Waals surface area contributed by atoms with Crippen LogP contribution in [0.4, 0.5) is 9.59 Å². The number of rotatable bonds is 12. The van der Waals surface area contributed by atoms with E-state index in [0.29, 0.717) is 24.7 Å². The van der Waals surface area contributed by atoms with E-state index in [0.717, 1.165) is 48.2 Å². The van der Waals surface area contributed by atoms with Gasteiger partial charge in [-0.15, -0.1) is 0 Å². The number of carbonyl (C=O) groups excluding carboxylic acids is 3. The van der Waals surface area contributed by atoms with Crippen LogP contribution in [0.15, 0.2) is 48.8 Å². The summed E-state index contributed by atoms with van der Waals surface area (Å²) >= 11 is 0. The molecule has 0 unspecified atom stereocenters. The van der Waals surface area contributed by atoms with Crippen LogP contribution in [0.3, 0.4) is 0 Å². The molecular weight excluding hydrogens is 652 g/mol. The summed E-state index contributed by atoms with van der Waals surface area (Å²) in [6, 6.07) is 6.10. The number of aromatic nitrogens is 4. The quantitative estimate of drug-likeness (QED) is 0.153. The van der Waals surface area contributed by atoms with E-state index in [1.54, 1.807) is 22.2 Å². The van der Waals surface area contributed by atoms with Gasteiger partial charge in [-0.25, -0.2) is 19.6 Å². The largest absolute Gasteiger partial charge is 0.465 e. The highest BCUT2D eigenvalue weighted by Gasteiger charge is 2.38. The van der Waals surface area contributed by atoms with E-state index in [2.05, 4.69) is 30.6 Å². The zero-order valence-corrected chi connectivity index (χ0v) is 29.8. The van der Waals surface area contributed by atoms with Gasteiger partial charge in [0.25, 0.3) is 0 Å². The number of carbonyl (C=O) groups is 4. The number of amides is 4. The lowest BCUT2D eigenvalue weighted by molar-refractivity contribution is -0.136. The van der Waals surface area contributed by atoms with Crippen LogP contribution in [-0.4, -0.2) is 91.1 Å². The van der Waals surface area contributed by atoms with Crippen molar-refractivity contribution < 1.29 is 29.0 Å². The highest BCUT2D eigenvalue weighted by atomic mass is 16.5. The maximum Gasteiger partial charge on any atom is 0.407 e. The topological polar surface area (TPSA) is 186 Å². The van der Waals surface area contributed by atoms with Crippen molar-refractivity contribution in [3.8, 4) is 11.3 Å². The van der Waals surface area contributed by atoms with Gasteiger partial charge in [-0.1, -0.05) is 70.2 Å². The van der Waals surface area contributed by atoms with Gasteiger partial charge in [0.2, 0.25) is 11.8 Å². The van der Waals surface area contributed by atoms with Crippen molar-refractivity contribution in [1.82, 2.24) is 40.4 Å². The first-order valence-corrected chi connectivity index (χ1v) is 17.5. The third kappa shape index (κ3) is 8.86. The summed E-state index contributed by atoms with van der Waals surface area (Å²) in [7, 11) is 1.28. The number of allylic oxidation sites excluding steroid dienone is 2. The molecule has 4 amide bonds. The molecule has 2 aliphatic heterocycles. The van der Waals surface area contributed by atoms with Gasteiger partial charge in [-0.2, -0.15) is 0 Å². The Labute approximate surface area is 297 Å². The van der Waals surface area contributed by atoms with E-state index in [9.17, 15) is 24.3 Å². The van der Waals surface area contributed by atoms with Gasteiger partial charge in [-0.05, 0) is 54.7 Å². The molecule has 2 fully saturated rings. The van der Waals surface area contributed by atoms with Crippen LogP contribution in [-0.2, 0) is 14.3 Å². The number of imidazole rings is 2. The number of ether oxygens (including phenoxy) is 1. The molecule has 0 bridgehead atoms. The molecule has 51 heavy (non-hydrogen) atoms. The molecule has 0 aliphatic carbocycles. The molecule has 272 valence electrons. The monoisotopic (exact) mass is 700 g/mol. The summed E-state index contributed by atoms with van der Waals surface area (Å²) in [5.41, 5.74) is 3.61. The third-order valence-corrected chi connectivity index (χ3v) is 9.41. The molecule has 1 aromatic carbocycles. The molecule has 14 nitrogen and oxygen atoms in total. The van der Waals surface area contributed by atoms with Gasteiger partial charge in [0.15, 0.2) is 0 Å². The molecule has 0 spiro atoms. The highest BCUT2D eigenvalue weighted by Crippen LogP contribution is 2.33. The second-order valence-corrected chi connectivity index (χ2v) is 13.7. The molecule has 2 saturated heterocycles. The van der Waals surface area contributed by atoms with Crippen molar-refractivity contribution in [2.24, 2.45) is 11.8 Å². The summed E-state index contributed by atoms with van der Waals surface area (Å²) in [4.78, 5) is 69.2. The maximum absolute atomic E-state index is 13.4. The first kappa shape index (κ1) is 36.9. The van der Waals surface area contributed by atoms with Crippen LogP contribution >= 0.6 is 0 Å². The first-order valence-electron chi connectivity index (χ1n) is 17.5. The summed E-state index contributed by atoms with van der Waals surface area (Å²) in [5.74, 6) is 0.739. The van der Waals surface area contributed by atoms with E-state index in [4.69, 9.17) is 4.74 Å². The van der Waals surface area contributed by atoms with Gasteiger partial charge in [-0.3, -0.25) is 9.59 Å². The Morgan fingerprint density at radius 1 is 0.824 bits per heavy atom. The number of carboxylic acid groups (broad SMARTS) is 1. The lowest BCUT2D eigenvalue weighted by atomic mass is 10.0. The van der Waals surface area contributed by atoms with Gasteiger partial charge in [0, 0.05) is 13.1 Å². The van der Waals surface area contributed by atoms with Gasteiger partial charge >= 0.3 is 12.2 Å². The molecule has 4 heterocycles.